The second-order valence-corrected chi connectivity index (χ2v) is 7.50. The molecule has 2 aliphatic rings. The van der Waals surface area contributed by atoms with E-state index < -0.39 is 42.8 Å². The summed E-state index contributed by atoms with van der Waals surface area (Å²) in [6.07, 6.45) is -2.64. The molecule has 0 radical (unpaired) electrons. The summed E-state index contributed by atoms with van der Waals surface area (Å²) in [5.74, 6) is -1.15. The van der Waals surface area contributed by atoms with Gasteiger partial charge in [-0.15, -0.1) is 0 Å². The zero-order valence-electron chi connectivity index (χ0n) is 18.4. The molecule has 0 spiro atoms. The Morgan fingerprint density at radius 3 is 2.39 bits per heavy atom. The largest absolute Gasteiger partial charge is 0.463 e. The Balaban J connectivity index is 1.66. The number of carbonyl (C=O) groups is 2. The normalized spacial score (nSPS) is 28.1. The van der Waals surface area contributed by atoms with Gasteiger partial charge in [0.2, 0.25) is 0 Å². The van der Waals surface area contributed by atoms with Gasteiger partial charge in [-0.05, 0) is 19.1 Å². The number of benzene rings is 2. The van der Waals surface area contributed by atoms with E-state index in [0.29, 0.717) is 11.1 Å². The molecule has 0 aliphatic carbocycles. The Kier molecular flexibility index (Phi) is 7.51. The standard InChI is InChI=1S/C25H26O8/c1-3-29-20(26)14-18-21-19(15-30-24(33-21)17-12-8-5-9-13-17)31-25(28-2)22(18)32-23(27)16-10-6-4-7-11-16/h4-14,19,21-22,24-25H,3,15H2,1-2H3/b18-14-/t19-,21+,22-,24-,25+/m1/s1. The molecule has 33 heavy (non-hydrogen) atoms. The summed E-state index contributed by atoms with van der Waals surface area (Å²) < 4.78 is 34.4. The molecule has 8 nitrogen and oxygen atoms in total. The summed E-state index contributed by atoms with van der Waals surface area (Å²) in [7, 11) is 1.44. The maximum absolute atomic E-state index is 12.8. The van der Waals surface area contributed by atoms with E-state index in [4.69, 9.17) is 28.4 Å². The van der Waals surface area contributed by atoms with E-state index in [1.165, 1.54) is 13.2 Å². The molecule has 0 bridgehead atoms. The maximum atomic E-state index is 12.8. The van der Waals surface area contributed by atoms with E-state index in [2.05, 4.69) is 0 Å². The molecule has 8 heteroatoms. The van der Waals surface area contributed by atoms with E-state index in [9.17, 15) is 9.59 Å². The van der Waals surface area contributed by atoms with E-state index >= 15 is 0 Å². The van der Waals surface area contributed by atoms with Gasteiger partial charge in [0.15, 0.2) is 18.7 Å². The molecular weight excluding hydrogens is 428 g/mol. The summed E-state index contributed by atoms with van der Waals surface area (Å²) >= 11 is 0. The summed E-state index contributed by atoms with van der Waals surface area (Å²) in [6.45, 7) is 2.11. The molecule has 0 aromatic heterocycles. The number of fused-ring (bicyclic) bond motifs is 1. The molecule has 2 aromatic rings. The monoisotopic (exact) mass is 454 g/mol. The predicted octanol–water partition coefficient (Wildman–Crippen LogP) is 3.19. The van der Waals surface area contributed by atoms with E-state index in [1.807, 2.05) is 30.3 Å². The number of rotatable bonds is 6. The molecule has 4 rings (SSSR count). The number of methoxy groups -OCH3 is 1. The van der Waals surface area contributed by atoms with Crippen LogP contribution in [0, 0.1) is 0 Å². The highest BCUT2D eigenvalue weighted by molar-refractivity contribution is 5.90. The van der Waals surface area contributed by atoms with Crippen molar-refractivity contribution in [2.24, 2.45) is 0 Å². The van der Waals surface area contributed by atoms with Gasteiger partial charge in [-0.2, -0.15) is 0 Å². The number of esters is 2. The number of hydrogen-bond donors (Lipinski definition) is 0. The van der Waals surface area contributed by atoms with Crippen LogP contribution >= 0.6 is 0 Å². The summed E-state index contributed by atoms with van der Waals surface area (Å²) in [5, 5.41) is 0. The molecule has 5 atom stereocenters. The lowest BCUT2D eigenvalue weighted by Crippen LogP contribution is -2.56. The lowest BCUT2D eigenvalue weighted by Gasteiger charge is -2.45. The molecule has 2 aromatic carbocycles. The number of hydrogen-bond acceptors (Lipinski definition) is 8. The minimum Gasteiger partial charge on any atom is -0.463 e. The first-order valence-corrected chi connectivity index (χ1v) is 10.7. The fourth-order valence-electron chi connectivity index (χ4n) is 3.83. The van der Waals surface area contributed by atoms with Crippen molar-refractivity contribution in [3.63, 3.8) is 0 Å². The van der Waals surface area contributed by atoms with Crippen LogP contribution in [0.4, 0.5) is 0 Å². The average Bonchev–Trinajstić information content (AvgIpc) is 2.86. The van der Waals surface area contributed by atoms with Crippen LogP contribution in [0.25, 0.3) is 0 Å². The molecule has 0 amide bonds. The van der Waals surface area contributed by atoms with Crippen LogP contribution in [0.15, 0.2) is 72.3 Å². The fourth-order valence-corrected chi connectivity index (χ4v) is 3.83. The van der Waals surface area contributed by atoms with E-state index in [1.54, 1.807) is 37.3 Å². The maximum Gasteiger partial charge on any atom is 0.338 e. The summed E-state index contributed by atoms with van der Waals surface area (Å²) in [4.78, 5) is 25.3. The lowest BCUT2D eigenvalue weighted by molar-refractivity contribution is -0.314. The van der Waals surface area contributed by atoms with Gasteiger partial charge in [0.1, 0.15) is 12.2 Å². The predicted molar refractivity (Wildman–Crippen MR) is 116 cm³/mol. The highest BCUT2D eigenvalue weighted by atomic mass is 16.8. The molecule has 2 fully saturated rings. The van der Waals surface area contributed by atoms with Crippen molar-refractivity contribution < 1.29 is 38.0 Å². The molecular formula is C25H26O8. The zero-order valence-corrected chi connectivity index (χ0v) is 18.4. The van der Waals surface area contributed by atoms with Crippen LogP contribution in [0.5, 0.6) is 0 Å². The van der Waals surface area contributed by atoms with Crippen molar-refractivity contribution in [1.82, 2.24) is 0 Å². The fraction of sp³-hybridized carbons (Fsp3) is 0.360. The van der Waals surface area contributed by atoms with Gasteiger partial charge in [0.05, 0.1) is 18.8 Å². The van der Waals surface area contributed by atoms with Crippen molar-refractivity contribution in [1.29, 1.82) is 0 Å². The average molecular weight is 454 g/mol. The second kappa shape index (κ2) is 10.7. The van der Waals surface area contributed by atoms with Crippen LogP contribution in [-0.2, 0) is 33.2 Å². The highest BCUT2D eigenvalue weighted by Gasteiger charge is 2.49. The summed E-state index contributed by atoms with van der Waals surface area (Å²) in [6, 6.07) is 18.0. The SMILES string of the molecule is CCOC(=O)/C=C1\[C@@H](OC(=O)c2ccccc2)[C@@H](OC)O[C@@H]2CO[C@@H](c3ccccc3)O[C@@H]12. The van der Waals surface area contributed by atoms with E-state index in [-0.39, 0.29) is 13.2 Å². The number of carbonyl (C=O) groups excluding carboxylic acids is 2. The first kappa shape index (κ1) is 23.1. The van der Waals surface area contributed by atoms with Crippen molar-refractivity contribution in [2.75, 3.05) is 20.3 Å². The van der Waals surface area contributed by atoms with Gasteiger partial charge in [0.25, 0.3) is 0 Å². The minimum absolute atomic E-state index is 0.198. The van der Waals surface area contributed by atoms with E-state index in [0.717, 1.165) is 5.56 Å². The van der Waals surface area contributed by atoms with Crippen LogP contribution in [-0.4, -0.2) is 56.9 Å². The summed E-state index contributed by atoms with van der Waals surface area (Å²) in [5.41, 5.74) is 1.57. The van der Waals surface area contributed by atoms with Crippen LogP contribution < -0.4 is 0 Å². The first-order chi connectivity index (χ1) is 16.1. The zero-order chi connectivity index (χ0) is 23.2. The number of ether oxygens (including phenoxy) is 6. The van der Waals surface area contributed by atoms with Gasteiger partial charge in [-0.25, -0.2) is 9.59 Å². The van der Waals surface area contributed by atoms with Crippen LogP contribution in [0.2, 0.25) is 0 Å². The quantitative estimate of drug-likeness (QED) is 0.486. The molecule has 2 heterocycles. The molecule has 0 unspecified atom stereocenters. The topological polar surface area (TPSA) is 89.5 Å². The smallest absolute Gasteiger partial charge is 0.338 e. The van der Waals surface area contributed by atoms with Gasteiger partial charge in [-0.1, -0.05) is 48.5 Å². The van der Waals surface area contributed by atoms with Gasteiger partial charge in [-0.3, -0.25) is 0 Å². The Morgan fingerprint density at radius 2 is 1.73 bits per heavy atom. The molecule has 174 valence electrons. The Bertz CT molecular complexity index is 974. The Labute approximate surface area is 192 Å². The van der Waals surface area contributed by atoms with Crippen LogP contribution in [0.1, 0.15) is 29.1 Å². The third kappa shape index (κ3) is 5.31. The molecule has 0 N–H and O–H groups in total. The van der Waals surface area contributed by atoms with Crippen molar-refractivity contribution in [3.8, 4) is 0 Å². The lowest BCUT2D eigenvalue weighted by atomic mass is 9.93. The third-order valence-electron chi connectivity index (χ3n) is 5.35. The van der Waals surface area contributed by atoms with Gasteiger partial charge in [0, 0.05) is 24.3 Å². The van der Waals surface area contributed by atoms with Gasteiger partial charge >= 0.3 is 11.9 Å². The molecule has 0 saturated carbocycles. The second-order valence-electron chi connectivity index (χ2n) is 7.50. The van der Waals surface area contributed by atoms with Gasteiger partial charge < -0.3 is 28.4 Å². The van der Waals surface area contributed by atoms with Crippen molar-refractivity contribution in [3.05, 3.63) is 83.4 Å². The Morgan fingerprint density at radius 1 is 1.03 bits per heavy atom. The first-order valence-electron chi connectivity index (χ1n) is 10.7. The molecule has 2 aliphatic heterocycles. The van der Waals surface area contributed by atoms with Crippen molar-refractivity contribution >= 4 is 11.9 Å². The minimum atomic E-state index is -1.03. The molecule has 2 saturated heterocycles. The van der Waals surface area contributed by atoms with Crippen molar-refractivity contribution in [2.45, 2.75) is 37.8 Å². The Hall–Kier alpha value is -3.04. The highest BCUT2D eigenvalue weighted by Crippen LogP contribution is 2.38. The van der Waals surface area contributed by atoms with Crippen LogP contribution in [0.3, 0.4) is 0 Å². The third-order valence-corrected chi connectivity index (χ3v) is 5.35.